The Morgan fingerprint density at radius 2 is 1.85 bits per heavy atom. The minimum Gasteiger partial charge on any atom is -0.396 e. The topological polar surface area (TPSA) is 66.4 Å². The van der Waals surface area contributed by atoms with Gasteiger partial charge in [0.25, 0.3) is 0 Å². The standard InChI is InChI=1S/C15H19NO3S/c1-12(9-10-17)11-16-20(18,19)15-8-4-6-13-5-2-3-7-14(13)15/h2-8,12,16-17H,9-11H2,1H3. The maximum atomic E-state index is 12.4. The molecule has 20 heavy (non-hydrogen) atoms. The van der Waals surface area contributed by atoms with Crippen LogP contribution in [-0.2, 0) is 10.0 Å². The van der Waals surface area contributed by atoms with E-state index in [9.17, 15) is 8.42 Å². The van der Waals surface area contributed by atoms with Crippen molar-refractivity contribution in [3.05, 3.63) is 42.5 Å². The Hall–Kier alpha value is -1.43. The Labute approximate surface area is 119 Å². The van der Waals surface area contributed by atoms with Crippen LogP contribution in [0.5, 0.6) is 0 Å². The lowest BCUT2D eigenvalue weighted by Crippen LogP contribution is -2.29. The fourth-order valence-electron chi connectivity index (χ4n) is 2.08. The number of benzene rings is 2. The van der Waals surface area contributed by atoms with Crippen molar-refractivity contribution in [1.82, 2.24) is 4.72 Å². The second-order valence-electron chi connectivity index (χ2n) is 4.95. The molecule has 0 aliphatic heterocycles. The van der Waals surface area contributed by atoms with Crippen LogP contribution >= 0.6 is 0 Å². The lowest BCUT2D eigenvalue weighted by molar-refractivity contribution is 0.263. The Morgan fingerprint density at radius 1 is 1.15 bits per heavy atom. The van der Waals surface area contributed by atoms with Gasteiger partial charge in [0.1, 0.15) is 0 Å². The summed E-state index contributed by atoms with van der Waals surface area (Å²) in [5, 5.41) is 10.5. The van der Waals surface area contributed by atoms with Crippen molar-refractivity contribution in [2.24, 2.45) is 5.92 Å². The zero-order valence-corrected chi connectivity index (χ0v) is 12.2. The molecule has 5 heteroatoms. The summed E-state index contributed by atoms with van der Waals surface area (Å²) in [5.74, 6) is 0.102. The van der Waals surface area contributed by atoms with Crippen LogP contribution in [0.25, 0.3) is 10.8 Å². The summed E-state index contributed by atoms with van der Waals surface area (Å²) < 4.78 is 27.4. The van der Waals surface area contributed by atoms with E-state index in [2.05, 4.69) is 4.72 Å². The molecule has 0 amide bonds. The van der Waals surface area contributed by atoms with E-state index < -0.39 is 10.0 Å². The third-order valence-electron chi connectivity index (χ3n) is 3.28. The fourth-order valence-corrected chi connectivity index (χ4v) is 3.47. The van der Waals surface area contributed by atoms with E-state index in [4.69, 9.17) is 5.11 Å². The summed E-state index contributed by atoms with van der Waals surface area (Å²) in [4.78, 5) is 0.298. The van der Waals surface area contributed by atoms with Gasteiger partial charge in [-0.1, -0.05) is 43.3 Å². The van der Waals surface area contributed by atoms with Crippen molar-refractivity contribution < 1.29 is 13.5 Å². The van der Waals surface area contributed by atoms with Crippen molar-refractivity contribution in [2.75, 3.05) is 13.2 Å². The molecule has 2 aromatic rings. The van der Waals surface area contributed by atoms with E-state index in [1.54, 1.807) is 18.2 Å². The van der Waals surface area contributed by atoms with Gasteiger partial charge in [0.05, 0.1) is 4.90 Å². The van der Waals surface area contributed by atoms with E-state index in [0.29, 0.717) is 17.9 Å². The first-order chi connectivity index (χ1) is 9.54. The van der Waals surface area contributed by atoms with E-state index >= 15 is 0 Å². The largest absolute Gasteiger partial charge is 0.396 e. The van der Waals surface area contributed by atoms with Crippen molar-refractivity contribution in [3.8, 4) is 0 Å². The number of hydrogen-bond acceptors (Lipinski definition) is 3. The van der Waals surface area contributed by atoms with Gasteiger partial charge in [-0.25, -0.2) is 13.1 Å². The second-order valence-corrected chi connectivity index (χ2v) is 6.68. The first-order valence-corrected chi connectivity index (χ1v) is 8.11. The number of fused-ring (bicyclic) bond motifs is 1. The lowest BCUT2D eigenvalue weighted by atomic mass is 10.1. The highest BCUT2D eigenvalue weighted by Gasteiger charge is 2.17. The van der Waals surface area contributed by atoms with Crippen molar-refractivity contribution in [1.29, 1.82) is 0 Å². The van der Waals surface area contributed by atoms with E-state index in [1.807, 2.05) is 31.2 Å². The molecule has 1 atom stereocenters. The number of aliphatic hydroxyl groups is 1. The van der Waals surface area contributed by atoms with Crippen molar-refractivity contribution in [2.45, 2.75) is 18.2 Å². The van der Waals surface area contributed by atoms with Crippen LogP contribution in [0.1, 0.15) is 13.3 Å². The van der Waals surface area contributed by atoms with Gasteiger partial charge in [-0.2, -0.15) is 0 Å². The van der Waals surface area contributed by atoms with E-state index in [-0.39, 0.29) is 12.5 Å². The number of nitrogens with one attached hydrogen (secondary N) is 1. The van der Waals surface area contributed by atoms with Crippen molar-refractivity contribution in [3.63, 3.8) is 0 Å². The zero-order chi connectivity index (χ0) is 14.6. The molecule has 108 valence electrons. The predicted molar refractivity (Wildman–Crippen MR) is 80.0 cm³/mol. The predicted octanol–water partition coefficient (Wildman–Crippen LogP) is 2.14. The Bertz CT molecular complexity index is 677. The molecule has 0 spiro atoms. The van der Waals surface area contributed by atoms with Crippen LogP contribution in [0.15, 0.2) is 47.4 Å². The summed E-state index contributed by atoms with van der Waals surface area (Å²) in [7, 11) is -3.53. The molecule has 4 nitrogen and oxygen atoms in total. The molecule has 2 rings (SSSR count). The highest BCUT2D eigenvalue weighted by molar-refractivity contribution is 7.89. The zero-order valence-electron chi connectivity index (χ0n) is 11.4. The number of sulfonamides is 1. The third kappa shape index (κ3) is 3.36. The number of rotatable bonds is 6. The summed E-state index contributed by atoms with van der Waals surface area (Å²) in [6, 6.07) is 12.7. The van der Waals surface area contributed by atoms with Gasteiger partial charge >= 0.3 is 0 Å². The van der Waals surface area contributed by atoms with Crippen LogP contribution in [0.4, 0.5) is 0 Å². The average molecular weight is 293 g/mol. The van der Waals surface area contributed by atoms with E-state index in [1.165, 1.54) is 0 Å². The second kappa shape index (κ2) is 6.35. The van der Waals surface area contributed by atoms with Crippen LogP contribution in [0.3, 0.4) is 0 Å². The number of aliphatic hydroxyl groups excluding tert-OH is 1. The molecule has 0 saturated heterocycles. The van der Waals surface area contributed by atoms with Gasteiger partial charge in [-0.05, 0) is 23.8 Å². The molecule has 0 heterocycles. The van der Waals surface area contributed by atoms with Gasteiger partial charge in [0.2, 0.25) is 10.0 Å². The first kappa shape index (κ1) is 15.0. The average Bonchev–Trinajstić information content (AvgIpc) is 2.45. The Morgan fingerprint density at radius 3 is 2.60 bits per heavy atom. The van der Waals surface area contributed by atoms with Gasteiger partial charge in [-0.15, -0.1) is 0 Å². The van der Waals surface area contributed by atoms with Gasteiger partial charge in [0.15, 0.2) is 0 Å². The molecule has 0 radical (unpaired) electrons. The van der Waals surface area contributed by atoms with Crippen LogP contribution in [0.2, 0.25) is 0 Å². The highest BCUT2D eigenvalue weighted by Crippen LogP contribution is 2.22. The highest BCUT2D eigenvalue weighted by atomic mass is 32.2. The van der Waals surface area contributed by atoms with E-state index in [0.717, 1.165) is 10.8 Å². The summed E-state index contributed by atoms with van der Waals surface area (Å²) in [6.45, 7) is 2.30. The minimum atomic E-state index is -3.53. The molecule has 2 aromatic carbocycles. The SMILES string of the molecule is CC(CCO)CNS(=O)(=O)c1cccc2ccccc12. The third-order valence-corrected chi connectivity index (χ3v) is 4.76. The smallest absolute Gasteiger partial charge is 0.241 e. The molecular weight excluding hydrogens is 274 g/mol. The Balaban J connectivity index is 2.28. The molecule has 0 aliphatic rings. The van der Waals surface area contributed by atoms with Crippen LogP contribution in [0, 0.1) is 5.92 Å². The number of hydrogen-bond donors (Lipinski definition) is 2. The Kier molecular flexibility index (Phi) is 4.75. The summed E-state index contributed by atoms with van der Waals surface area (Å²) in [5.41, 5.74) is 0. The quantitative estimate of drug-likeness (QED) is 0.857. The van der Waals surface area contributed by atoms with Gasteiger partial charge in [-0.3, -0.25) is 0 Å². The maximum Gasteiger partial charge on any atom is 0.241 e. The van der Waals surface area contributed by atoms with Gasteiger partial charge in [0, 0.05) is 18.5 Å². The van der Waals surface area contributed by atoms with Crippen LogP contribution in [-0.4, -0.2) is 26.7 Å². The lowest BCUT2D eigenvalue weighted by Gasteiger charge is -2.13. The molecule has 0 saturated carbocycles. The monoisotopic (exact) mass is 293 g/mol. The van der Waals surface area contributed by atoms with Crippen molar-refractivity contribution >= 4 is 20.8 Å². The molecule has 0 bridgehead atoms. The molecule has 2 N–H and O–H groups in total. The molecule has 0 fully saturated rings. The summed E-state index contributed by atoms with van der Waals surface area (Å²) in [6.07, 6.45) is 0.581. The molecular formula is C15H19NO3S. The fraction of sp³-hybridized carbons (Fsp3) is 0.333. The minimum absolute atomic E-state index is 0.0666. The van der Waals surface area contributed by atoms with Gasteiger partial charge < -0.3 is 5.11 Å². The first-order valence-electron chi connectivity index (χ1n) is 6.63. The van der Waals surface area contributed by atoms with Crippen LogP contribution < -0.4 is 4.72 Å². The molecule has 0 aliphatic carbocycles. The maximum absolute atomic E-state index is 12.4. The molecule has 0 aromatic heterocycles. The summed E-state index contributed by atoms with van der Waals surface area (Å²) >= 11 is 0. The molecule has 1 unspecified atom stereocenters. The normalized spacial score (nSPS) is 13.5.